The van der Waals surface area contributed by atoms with E-state index >= 15 is 0 Å². The number of unbranched alkanes of at least 4 members (excludes halogenated alkanes) is 5. The number of carbonyl (C=O) groups is 2. The predicted octanol–water partition coefficient (Wildman–Crippen LogP) is 3.05. The van der Waals surface area contributed by atoms with Crippen LogP contribution in [0, 0.1) is 11.3 Å². The van der Waals surface area contributed by atoms with Crippen molar-refractivity contribution >= 4 is 11.9 Å². The number of aliphatic hydroxyl groups excluding tert-OH is 5. The zero-order valence-electron chi connectivity index (χ0n) is 21.5. The number of aliphatic hydroxyl groups is 5. The first-order chi connectivity index (χ1) is 15.3. The first-order valence-corrected chi connectivity index (χ1v) is 11.8. The molecule has 0 spiro atoms. The van der Waals surface area contributed by atoms with E-state index in [1.165, 1.54) is 39.0 Å². The molecule has 0 radical (unpaired) electrons. The van der Waals surface area contributed by atoms with Gasteiger partial charge in [-0.2, -0.15) is 0 Å². The van der Waals surface area contributed by atoms with Gasteiger partial charge in [-0.25, -0.2) is 0 Å². The summed E-state index contributed by atoms with van der Waals surface area (Å²) >= 11 is 0. The van der Waals surface area contributed by atoms with E-state index in [2.05, 4.69) is 13.8 Å². The predicted molar refractivity (Wildman–Crippen MR) is 130 cm³/mol. The third-order valence-corrected chi connectivity index (χ3v) is 4.09. The molecule has 0 bridgehead atoms. The Morgan fingerprint density at radius 2 is 1.06 bits per heavy atom. The van der Waals surface area contributed by atoms with E-state index in [9.17, 15) is 9.59 Å². The fraction of sp³-hybridized carbons (Fsp3) is 0.917. The molecule has 0 fully saturated rings. The summed E-state index contributed by atoms with van der Waals surface area (Å²) in [5.74, 6) is -0.886. The summed E-state index contributed by atoms with van der Waals surface area (Å²) in [5.41, 5.74) is -0.306. The third-order valence-electron chi connectivity index (χ3n) is 4.09. The van der Waals surface area contributed by atoms with Gasteiger partial charge in [-0.3, -0.25) is 9.59 Å². The molecule has 33 heavy (non-hydrogen) atoms. The summed E-state index contributed by atoms with van der Waals surface area (Å²) < 4.78 is 0. The van der Waals surface area contributed by atoms with Gasteiger partial charge in [0.1, 0.15) is 0 Å². The second-order valence-electron chi connectivity index (χ2n) is 9.18. The van der Waals surface area contributed by atoms with Crippen molar-refractivity contribution in [3.05, 3.63) is 0 Å². The van der Waals surface area contributed by atoms with Crippen LogP contribution in [-0.4, -0.2) is 80.2 Å². The van der Waals surface area contributed by atoms with Gasteiger partial charge in [0.15, 0.2) is 0 Å². The maximum Gasteiger partial charge on any atom is 0.303 e. The molecule has 7 N–H and O–H groups in total. The summed E-state index contributed by atoms with van der Waals surface area (Å²) in [6.07, 6.45) is 8.02. The monoisotopic (exact) mass is 484 g/mol. The fourth-order valence-corrected chi connectivity index (χ4v) is 1.80. The van der Waals surface area contributed by atoms with E-state index in [1.807, 2.05) is 0 Å². The second kappa shape index (κ2) is 28.8. The minimum absolute atomic E-state index is 0.0451. The molecule has 0 rings (SSSR count). The molecule has 0 aliphatic rings. The lowest BCUT2D eigenvalue weighted by atomic mass is 9.97. The van der Waals surface area contributed by atoms with E-state index in [0.29, 0.717) is 19.4 Å². The van der Waals surface area contributed by atoms with Gasteiger partial charge in [0.2, 0.25) is 0 Å². The highest BCUT2D eigenvalue weighted by Crippen LogP contribution is 2.10. The van der Waals surface area contributed by atoms with Gasteiger partial charge >= 0.3 is 11.9 Å². The smallest absolute Gasteiger partial charge is 0.303 e. The number of aliphatic carboxylic acids is 2. The van der Waals surface area contributed by atoms with Crippen LogP contribution >= 0.6 is 0 Å². The van der Waals surface area contributed by atoms with Gasteiger partial charge in [-0.1, -0.05) is 59.8 Å². The molecule has 0 aromatic carbocycles. The Morgan fingerprint density at radius 1 is 0.697 bits per heavy atom. The lowest BCUT2D eigenvalue weighted by Gasteiger charge is -2.16. The van der Waals surface area contributed by atoms with Crippen molar-refractivity contribution in [3.63, 3.8) is 0 Å². The fourth-order valence-electron chi connectivity index (χ4n) is 1.80. The number of carboxylic acids is 2. The van der Waals surface area contributed by atoms with Crippen LogP contribution in [0.15, 0.2) is 0 Å². The molecule has 0 aromatic rings. The molecule has 1 unspecified atom stereocenters. The highest BCUT2D eigenvalue weighted by atomic mass is 16.4. The standard InChI is InChI=1S/C10H22O.C6H10O4.C5H12O2.C3H8O2/c1-10(2)8-6-4-3-5-7-9-11;7-5(8)3-1-2-4-6(9)10;1-5(2,3-6)4-7;1-3(5)2-4/h10-11H,3-9H2,1-2H3;1-4H2,(H,7,8)(H,9,10);6-7H,3-4H2,1-2H3;3-5H,2H2,1H3. The van der Waals surface area contributed by atoms with Crippen LogP contribution in [0.3, 0.4) is 0 Å². The van der Waals surface area contributed by atoms with Crippen molar-refractivity contribution in [2.75, 3.05) is 26.4 Å². The van der Waals surface area contributed by atoms with Gasteiger partial charge in [0, 0.05) is 24.9 Å². The molecular weight excluding hydrogens is 432 g/mol. The summed E-state index contributed by atoms with van der Waals surface area (Å²) in [6, 6.07) is 0. The third kappa shape index (κ3) is 53.7. The van der Waals surface area contributed by atoms with E-state index in [4.69, 9.17) is 35.7 Å². The van der Waals surface area contributed by atoms with Crippen molar-refractivity contribution in [1.82, 2.24) is 0 Å². The average molecular weight is 485 g/mol. The van der Waals surface area contributed by atoms with Crippen LogP contribution in [-0.2, 0) is 9.59 Å². The summed E-state index contributed by atoms with van der Waals surface area (Å²) in [5, 5.41) is 57.6. The van der Waals surface area contributed by atoms with Crippen molar-refractivity contribution in [2.45, 2.75) is 105 Å². The SMILES string of the molecule is CC(C)(CO)CO.CC(C)CCCCCCCO.CC(O)CO.O=C(O)CCCCC(=O)O. The van der Waals surface area contributed by atoms with Crippen LogP contribution in [0.2, 0.25) is 0 Å². The minimum Gasteiger partial charge on any atom is -0.481 e. The molecule has 0 aromatic heterocycles. The molecule has 0 saturated carbocycles. The van der Waals surface area contributed by atoms with Crippen molar-refractivity contribution in [3.8, 4) is 0 Å². The van der Waals surface area contributed by atoms with E-state index in [1.54, 1.807) is 13.8 Å². The first kappa shape index (κ1) is 39.0. The van der Waals surface area contributed by atoms with Gasteiger partial charge in [0.05, 0.1) is 25.9 Å². The summed E-state index contributed by atoms with van der Waals surface area (Å²) in [7, 11) is 0. The van der Waals surface area contributed by atoms with Crippen LogP contribution in [0.25, 0.3) is 0 Å². The normalized spacial score (nSPS) is 11.2. The molecular formula is C24H52O9. The van der Waals surface area contributed by atoms with Crippen LogP contribution in [0.5, 0.6) is 0 Å². The van der Waals surface area contributed by atoms with Gasteiger partial charge in [-0.15, -0.1) is 0 Å². The van der Waals surface area contributed by atoms with E-state index in [0.717, 1.165) is 12.3 Å². The van der Waals surface area contributed by atoms with Crippen molar-refractivity contribution < 1.29 is 45.3 Å². The Labute approximate surface area is 200 Å². The van der Waals surface area contributed by atoms with Gasteiger partial charge in [0.25, 0.3) is 0 Å². The van der Waals surface area contributed by atoms with Crippen LogP contribution in [0.1, 0.15) is 98.8 Å². The summed E-state index contributed by atoms with van der Waals surface area (Å²) in [4.78, 5) is 19.8. The molecule has 0 aliphatic heterocycles. The average Bonchev–Trinajstić information content (AvgIpc) is 2.74. The Kier molecular flexibility index (Phi) is 34.0. The lowest BCUT2D eigenvalue weighted by molar-refractivity contribution is -0.139. The number of hydrogen-bond donors (Lipinski definition) is 7. The maximum atomic E-state index is 9.90. The highest BCUT2D eigenvalue weighted by molar-refractivity contribution is 5.67. The Bertz CT molecular complexity index is 389. The van der Waals surface area contributed by atoms with Crippen molar-refractivity contribution in [1.29, 1.82) is 0 Å². The number of hydrogen-bond acceptors (Lipinski definition) is 7. The van der Waals surface area contributed by atoms with Crippen LogP contribution < -0.4 is 0 Å². The molecule has 9 heteroatoms. The first-order valence-electron chi connectivity index (χ1n) is 11.8. The number of carboxylic acid groups (broad SMARTS) is 2. The highest BCUT2D eigenvalue weighted by Gasteiger charge is 2.13. The Morgan fingerprint density at radius 3 is 1.30 bits per heavy atom. The van der Waals surface area contributed by atoms with Gasteiger partial charge < -0.3 is 35.7 Å². The Hall–Kier alpha value is -1.26. The summed E-state index contributed by atoms with van der Waals surface area (Å²) in [6.45, 7) is 9.98. The zero-order valence-corrected chi connectivity index (χ0v) is 21.5. The van der Waals surface area contributed by atoms with Gasteiger partial charge in [-0.05, 0) is 32.1 Å². The molecule has 202 valence electrons. The van der Waals surface area contributed by atoms with E-state index < -0.39 is 18.0 Å². The lowest BCUT2D eigenvalue weighted by Crippen LogP contribution is -2.20. The maximum absolute atomic E-state index is 9.90. The molecule has 0 saturated heterocycles. The number of rotatable bonds is 15. The topological polar surface area (TPSA) is 176 Å². The molecule has 0 aliphatic carbocycles. The Balaban J connectivity index is -0.000000177. The second-order valence-corrected chi connectivity index (χ2v) is 9.18. The molecule has 1 atom stereocenters. The zero-order chi connectivity index (χ0) is 26.7. The quantitative estimate of drug-likeness (QED) is 0.172. The van der Waals surface area contributed by atoms with Crippen molar-refractivity contribution in [2.24, 2.45) is 11.3 Å². The minimum atomic E-state index is -0.870. The van der Waals surface area contributed by atoms with Crippen LogP contribution in [0.4, 0.5) is 0 Å². The molecule has 0 heterocycles. The molecule has 0 amide bonds. The molecule has 9 nitrogen and oxygen atoms in total. The van der Waals surface area contributed by atoms with E-state index in [-0.39, 0.29) is 38.1 Å². The largest absolute Gasteiger partial charge is 0.481 e.